The number of carboxylic acids is 1. The van der Waals surface area contributed by atoms with Crippen molar-refractivity contribution in [2.75, 3.05) is 20.8 Å². The number of rotatable bonds is 7. The van der Waals surface area contributed by atoms with Gasteiger partial charge in [-0.3, -0.25) is 0 Å². The van der Waals surface area contributed by atoms with Gasteiger partial charge in [-0.1, -0.05) is 11.6 Å². The largest absolute Gasteiger partial charge is 0.478 e. The predicted molar refractivity (Wildman–Crippen MR) is 71.4 cm³/mol. The molecule has 1 rings (SSSR count). The van der Waals surface area contributed by atoms with E-state index in [1.807, 2.05) is 4.72 Å². The van der Waals surface area contributed by atoms with Crippen LogP contribution in [0, 0.1) is 5.82 Å². The van der Waals surface area contributed by atoms with E-state index in [0.717, 1.165) is 12.1 Å². The minimum atomic E-state index is -4.32. The molecule has 0 saturated heterocycles. The zero-order chi connectivity index (χ0) is 16.2. The average Bonchev–Trinajstić information content (AvgIpc) is 2.41. The van der Waals surface area contributed by atoms with Gasteiger partial charge in [-0.25, -0.2) is 22.3 Å². The number of hydrogen-bond donors (Lipinski definition) is 2. The molecule has 0 atom stereocenters. The number of methoxy groups -OCH3 is 2. The van der Waals surface area contributed by atoms with Gasteiger partial charge in [0.1, 0.15) is 4.90 Å². The van der Waals surface area contributed by atoms with E-state index in [1.165, 1.54) is 14.2 Å². The molecule has 0 saturated carbocycles. The lowest BCUT2D eigenvalue weighted by Crippen LogP contribution is -2.34. The first-order valence-electron chi connectivity index (χ1n) is 5.50. The Morgan fingerprint density at radius 3 is 2.48 bits per heavy atom. The predicted octanol–water partition coefficient (Wildman–Crippen LogP) is 1.07. The highest BCUT2D eigenvalue weighted by Gasteiger charge is 2.25. The van der Waals surface area contributed by atoms with Gasteiger partial charge in [0.2, 0.25) is 10.0 Å². The molecule has 1 aromatic rings. The number of carboxylic acid groups (broad SMARTS) is 1. The van der Waals surface area contributed by atoms with Crippen LogP contribution in [0.3, 0.4) is 0 Å². The molecular formula is C11H13ClFNO6S. The quantitative estimate of drug-likeness (QED) is 0.719. The van der Waals surface area contributed by atoms with Crippen molar-refractivity contribution in [1.29, 1.82) is 0 Å². The van der Waals surface area contributed by atoms with Gasteiger partial charge in [0.05, 0.1) is 12.1 Å². The van der Waals surface area contributed by atoms with Gasteiger partial charge < -0.3 is 14.6 Å². The molecule has 0 aliphatic carbocycles. The highest BCUT2D eigenvalue weighted by Crippen LogP contribution is 2.23. The Morgan fingerprint density at radius 2 is 2.00 bits per heavy atom. The maximum absolute atomic E-state index is 14.0. The van der Waals surface area contributed by atoms with E-state index in [9.17, 15) is 17.6 Å². The average molecular weight is 342 g/mol. The van der Waals surface area contributed by atoms with Crippen LogP contribution in [0.4, 0.5) is 4.39 Å². The Balaban J connectivity index is 3.17. The molecule has 10 heteroatoms. The number of nitrogens with one attached hydrogen (secondary N) is 1. The number of ether oxygens (including phenoxy) is 2. The highest BCUT2D eigenvalue weighted by molar-refractivity contribution is 7.89. The number of halogens is 2. The molecule has 2 N–H and O–H groups in total. The van der Waals surface area contributed by atoms with E-state index in [0.29, 0.717) is 0 Å². The van der Waals surface area contributed by atoms with Crippen molar-refractivity contribution in [3.63, 3.8) is 0 Å². The second kappa shape index (κ2) is 7.14. The normalized spacial score (nSPS) is 11.9. The van der Waals surface area contributed by atoms with Crippen LogP contribution in [-0.2, 0) is 19.5 Å². The first-order chi connectivity index (χ1) is 9.72. The molecule has 7 nitrogen and oxygen atoms in total. The summed E-state index contributed by atoms with van der Waals surface area (Å²) in [5.41, 5.74) is -0.835. The van der Waals surface area contributed by atoms with Crippen molar-refractivity contribution >= 4 is 27.6 Å². The third-order valence-corrected chi connectivity index (χ3v) is 4.13. The lowest BCUT2D eigenvalue weighted by atomic mass is 10.2. The van der Waals surface area contributed by atoms with Crippen LogP contribution in [0.1, 0.15) is 10.4 Å². The Hall–Kier alpha value is -1.26. The number of hydrogen-bond acceptors (Lipinski definition) is 5. The van der Waals surface area contributed by atoms with Crippen LogP contribution in [0.5, 0.6) is 0 Å². The number of sulfonamides is 1. The lowest BCUT2D eigenvalue weighted by Gasteiger charge is -2.15. The molecule has 0 bridgehead atoms. The minimum absolute atomic E-state index is 0.218. The van der Waals surface area contributed by atoms with Crippen molar-refractivity contribution in [2.45, 2.75) is 11.2 Å². The lowest BCUT2D eigenvalue weighted by molar-refractivity contribution is -0.0960. The molecule has 1 aromatic carbocycles. The molecule has 0 fully saturated rings. The van der Waals surface area contributed by atoms with Crippen LogP contribution >= 0.6 is 11.6 Å². The molecule has 21 heavy (non-hydrogen) atoms. The maximum Gasteiger partial charge on any atom is 0.338 e. The van der Waals surface area contributed by atoms with E-state index in [-0.39, 0.29) is 11.6 Å². The number of aromatic carboxylic acids is 1. The van der Waals surface area contributed by atoms with Crippen LogP contribution in [0.25, 0.3) is 0 Å². The molecule has 0 unspecified atom stereocenters. The summed E-state index contributed by atoms with van der Waals surface area (Å²) in [5.74, 6) is -3.02. The van der Waals surface area contributed by atoms with E-state index in [2.05, 4.69) is 0 Å². The summed E-state index contributed by atoms with van der Waals surface area (Å²) in [6, 6.07) is 1.64. The van der Waals surface area contributed by atoms with Gasteiger partial charge in [0.15, 0.2) is 12.1 Å². The summed E-state index contributed by atoms with van der Waals surface area (Å²) >= 11 is 5.62. The Labute approximate surface area is 125 Å². The molecule has 0 amide bonds. The van der Waals surface area contributed by atoms with E-state index < -0.39 is 38.6 Å². The van der Waals surface area contributed by atoms with Gasteiger partial charge in [0.25, 0.3) is 0 Å². The molecule has 0 aliphatic heterocycles. The number of benzene rings is 1. The SMILES string of the molecule is COC(CNS(=O)(=O)c1cc(Cl)cc(C(=O)O)c1F)OC. The van der Waals surface area contributed by atoms with Gasteiger partial charge >= 0.3 is 5.97 Å². The molecule has 0 radical (unpaired) electrons. The van der Waals surface area contributed by atoms with Gasteiger partial charge in [0, 0.05) is 19.2 Å². The van der Waals surface area contributed by atoms with E-state index in [1.54, 1.807) is 0 Å². The zero-order valence-electron chi connectivity index (χ0n) is 11.1. The van der Waals surface area contributed by atoms with Crippen LogP contribution in [0.2, 0.25) is 5.02 Å². The monoisotopic (exact) mass is 341 g/mol. The first-order valence-corrected chi connectivity index (χ1v) is 7.36. The molecular weight excluding hydrogens is 329 g/mol. The summed E-state index contributed by atoms with van der Waals surface area (Å²) in [7, 11) is -1.72. The van der Waals surface area contributed by atoms with E-state index in [4.69, 9.17) is 26.2 Å². The van der Waals surface area contributed by atoms with Crippen LogP contribution in [-0.4, -0.2) is 46.5 Å². The standard InChI is InChI=1S/C11H13ClFNO6S/c1-19-9(20-2)5-14-21(17,18)8-4-6(12)3-7(10(8)13)11(15)16/h3-4,9,14H,5H2,1-2H3,(H,15,16). The smallest absolute Gasteiger partial charge is 0.338 e. The summed E-state index contributed by atoms with van der Waals surface area (Å²) in [4.78, 5) is 10.00. The van der Waals surface area contributed by atoms with Gasteiger partial charge in [-0.15, -0.1) is 0 Å². The van der Waals surface area contributed by atoms with Gasteiger partial charge in [-0.2, -0.15) is 0 Å². The second-order valence-corrected chi connectivity index (χ2v) is 6.00. The molecule has 0 heterocycles. The first kappa shape index (κ1) is 17.8. The summed E-state index contributed by atoms with van der Waals surface area (Å²) in [6.45, 7) is -0.288. The van der Waals surface area contributed by atoms with Crippen molar-refractivity contribution in [3.8, 4) is 0 Å². The maximum atomic E-state index is 14.0. The Morgan fingerprint density at radius 1 is 1.43 bits per heavy atom. The van der Waals surface area contributed by atoms with E-state index >= 15 is 0 Å². The topological polar surface area (TPSA) is 102 Å². The fourth-order valence-corrected chi connectivity index (χ4v) is 2.86. The van der Waals surface area contributed by atoms with Gasteiger partial charge in [-0.05, 0) is 12.1 Å². The van der Waals surface area contributed by atoms with Crippen LogP contribution in [0.15, 0.2) is 17.0 Å². The highest BCUT2D eigenvalue weighted by atomic mass is 35.5. The number of carbonyl (C=O) groups is 1. The molecule has 0 spiro atoms. The van der Waals surface area contributed by atoms with Crippen molar-refractivity contribution < 1.29 is 32.2 Å². The summed E-state index contributed by atoms with van der Waals surface area (Å²) in [6.07, 6.45) is -0.874. The van der Waals surface area contributed by atoms with Crippen molar-refractivity contribution in [3.05, 3.63) is 28.5 Å². The third kappa shape index (κ3) is 4.35. The third-order valence-electron chi connectivity index (χ3n) is 2.49. The fourth-order valence-electron chi connectivity index (χ4n) is 1.43. The Kier molecular flexibility index (Phi) is 6.05. The second-order valence-electron chi connectivity index (χ2n) is 3.82. The fraction of sp³-hybridized carbons (Fsp3) is 0.364. The summed E-state index contributed by atoms with van der Waals surface area (Å²) < 4.78 is 49.6. The molecule has 118 valence electrons. The molecule has 0 aliphatic rings. The Bertz CT molecular complexity index is 632. The van der Waals surface area contributed by atoms with Crippen molar-refractivity contribution in [2.24, 2.45) is 0 Å². The van der Waals surface area contributed by atoms with Crippen LogP contribution < -0.4 is 4.72 Å². The zero-order valence-corrected chi connectivity index (χ0v) is 12.7. The van der Waals surface area contributed by atoms with Crippen molar-refractivity contribution in [1.82, 2.24) is 4.72 Å². The summed E-state index contributed by atoms with van der Waals surface area (Å²) in [5, 5.41) is 8.60. The minimum Gasteiger partial charge on any atom is -0.478 e. The molecule has 0 aromatic heterocycles.